The number of hydrogen-bond acceptors (Lipinski definition) is 4. The van der Waals surface area contributed by atoms with Gasteiger partial charge in [0.2, 0.25) is 0 Å². The van der Waals surface area contributed by atoms with E-state index < -0.39 is 36.6 Å². The molecule has 0 amide bonds. The van der Waals surface area contributed by atoms with Gasteiger partial charge in [0, 0.05) is 0 Å². The van der Waals surface area contributed by atoms with Crippen LogP contribution in [0.15, 0.2) is 0 Å². The molecule has 0 aromatic rings. The summed E-state index contributed by atoms with van der Waals surface area (Å²) in [6.07, 6.45) is -9.67. The van der Waals surface area contributed by atoms with Crippen molar-refractivity contribution in [2.45, 2.75) is 62.3 Å². The summed E-state index contributed by atoms with van der Waals surface area (Å²) in [7, 11) is 0. The molecule has 148 valence electrons. The minimum absolute atomic E-state index is 0. The molecule has 12 heteroatoms. The number of piperidine rings is 2. The monoisotopic (exact) mass is 410 g/mol. The van der Waals surface area contributed by atoms with E-state index in [9.17, 15) is 26.3 Å². The number of aliphatic hydroxyl groups excluding tert-OH is 2. The van der Waals surface area contributed by atoms with E-state index in [1.165, 1.54) is 0 Å². The molecule has 4 N–H and O–H groups in total. The third kappa shape index (κ3) is 9.47. The lowest BCUT2D eigenvalue weighted by Gasteiger charge is -2.28. The maximum atomic E-state index is 11.9. The minimum Gasteiger partial charge on any atom is -0.393 e. The normalized spacial score (nSPS) is 31.0. The zero-order valence-corrected chi connectivity index (χ0v) is 14.2. The molecule has 0 aliphatic carbocycles. The molecule has 2 fully saturated rings. The van der Waals surface area contributed by atoms with Gasteiger partial charge in [0.05, 0.1) is 12.2 Å². The molecule has 2 saturated heterocycles. The maximum absolute atomic E-state index is 11.9. The largest absolute Gasteiger partial charge is 0.403 e. The summed E-state index contributed by atoms with van der Waals surface area (Å²) in [6, 6.07) is -3.04. The lowest BCUT2D eigenvalue weighted by Crippen LogP contribution is -2.49. The molecular formula is C12H22Cl2F6N2O2. The Bertz CT molecular complexity index is 314. The molecule has 2 aliphatic heterocycles. The molecule has 2 rings (SSSR count). The highest BCUT2D eigenvalue weighted by molar-refractivity contribution is 5.85. The Morgan fingerprint density at radius 1 is 0.667 bits per heavy atom. The van der Waals surface area contributed by atoms with Gasteiger partial charge in [0.25, 0.3) is 0 Å². The summed E-state index contributed by atoms with van der Waals surface area (Å²) in [4.78, 5) is 0. The van der Waals surface area contributed by atoms with E-state index in [-0.39, 0.29) is 50.7 Å². The molecule has 2 aliphatic rings. The lowest BCUT2D eigenvalue weighted by atomic mass is 10.0. The van der Waals surface area contributed by atoms with Crippen molar-refractivity contribution in [1.29, 1.82) is 0 Å². The van der Waals surface area contributed by atoms with Crippen molar-refractivity contribution >= 4 is 24.8 Å². The quantitative estimate of drug-likeness (QED) is 0.462. The standard InChI is InChI=1S/2C6H10F3NO.2ClH/c2*7-6(8,9)5-3-4(11)1-2-10-5;;/h2*4-5,10-11H,1-3H2;2*1H/t2*4-,5-;;/m10../s1. The highest BCUT2D eigenvalue weighted by Gasteiger charge is 2.42. The fourth-order valence-corrected chi connectivity index (χ4v) is 2.29. The molecule has 0 aromatic heterocycles. The smallest absolute Gasteiger partial charge is 0.393 e. The third-order valence-corrected chi connectivity index (χ3v) is 3.54. The van der Waals surface area contributed by atoms with Gasteiger partial charge in [-0.3, -0.25) is 0 Å². The Morgan fingerprint density at radius 2 is 0.958 bits per heavy atom. The Labute approximate surface area is 148 Å². The van der Waals surface area contributed by atoms with Crippen molar-refractivity contribution in [3.63, 3.8) is 0 Å². The molecule has 0 spiro atoms. The van der Waals surface area contributed by atoms with E-state index in [1.807, 2.05) is 0 Å². The zero-order chi connectivity index (χ0) is 17.0. The number of halogens is 8. The van der Waals surface area contributed by atoms with Gasteiger partial charge in [-0.1, -0.05) is 0 Å². The van der Waals surface area contributed by atoms with E-state index in [4.69, 9.17) is 10.2 Å². The zero-order valence-electron chi connectivity index (χ0n) is 12.5. The first-order valence-corrected chi connectivity index (χ1v) is 6.96. The van der Waals surface area contributed by atoms with Crippen LogP contribution in [0, 0.1) is 0 Å². The molecule has 4 atom stereocenters. The molecule has 24 heavy (non-hydrogen) atoms. The average Bonchev–Trinajstić information content (AvgIpc) is 2.37. The fraction of sp³-hybridized carbons (Fsp3) is 1.00. The summed E-state index contributed by atoms with van der Waals surface area (Å²) in [5.41, 5.74) is 0. The number of nitrogens with one attached hydrogen (secondary N) is 2. The Kier molecular flexibility index (Phi) is 11.9. The van der Waals surface area contributed by atoms with Crippen molar-refractivity contribution in [2.24, 2.45) is 0 Å². The van der Waals surface area contributed by atoms with Crippen LogP contribution in [0.5, 0.6) is 0 Å². The van der Waals surface area contributed by atoms with Gasteiger partial charge in [-0.15, -0.1) is 24.8 Å². The number of aliphatic hydroxyl groups is 2. The summed E-state index contributed by atoms with van der Waals surface area (Å²) in [6.45, 7) is 0.483. The Hall–Kier alpha value is -0.000000000000000111. The van der Waals surface area contributed by atoms with E-state index in [2.05, 4.69) is 10.6 Å². The first-order valence-electron chi connectivity index (χ1n) is 6.96. The second-order valence-corrected chi connectivity index (χ2v) is 5.45. The molecule has 0 unspecified atom stereocenters. The second-order valence-electron chi connectivity index (χ2n) is 5.45. The van der Waals surface area contributed by atoms with Crippen LogP contribution in [0.25, 0.3) is 0 Å². The maximum Gasteiger partial charge on any atom is 0.403 e. The Balaban J connectivity index is 0. The van der Waals surface area contributed by atoms with Gasteiger partial charge in [0.1, 0.15) is 12.1 Å². The van der Waals surface area contributed by atoms with Crippen LogP contribution in [0.1, 0.15) is 25.7 Å². The first-order chi connectivity index (χ1) is 10.00. The first kappa shape index (κ1) is 26.2. The second kappa shape index (κ2) is 10.9. The van der Waals surface area contributed by atoms with Gasteiger partial charge < -0.3 is 20.8 Å². The van der Waals surface area contributed by atoms with Gasteiger partial charge in [-0.2, -0.15) is 26.3 Å². The molecule has 0 radical (unpaired) electrons. The lowest BCUT2D eigenvalue weighted by molar-refractivity contribution is -0.167. The topological polar surface area (TPSA) is 64.5 Å². The van der Waals surface area contributed by atoms with Crippen LogP contribution in [-0.2, 0) is 0 Å². The van der Waals surface area contributed by atoms with Crippen LogP contribution >= 0.6 is 24.8 Å². The molecule has 0 bridgehead atoms. The molecule has 4 nitrogen and oxygen atoms in total. The van der Waals surface area contributed by atoms with Gasteiger partial charge in [0.15, 0.2) is 0 Å². The highest BCUT2D eigenvalue weighted by Crippen LogP contribution is 2.26. The van der Waals surface area contributed by atoms with E-state index in [1.54, 1.807) is 0 Å². The number of hydrogen-bond donors (Lipinski definition) is 4. The van der Waals surface area contributed by atoms with Crippen molar-refractivity contribution < 1.29 is 36.6 Å². The van der Waals surface area contributed by atoms with Crippen LogP contribution < -0.4 is 10.6 Å². The van der Waals surface area contributed by atoms with Crippen molar-refractivity contribution in [3.8, 4) is 0 Å². The van der Waals surface area contributed by atoms with Crippen LogP contribution in [-0.4, -0.2) is 59.9 Å². The van der Waals surface area contributed by atoms with E-state index in [0.29, 0.717) is 12.8 Å². The SMILES string of the molecule is Cl.Cl.O[C@@H]1CCN[C@@H](C(F)(F)F)C1.O[C@H]1CCN[C@H](C(F)(F)F)C1. The molecular weight excluding hydrogens is 389 g/mol. The number of rotatable bonds is 0. The van der Waals surface area contributed by atoms with E-state index >= 15 is 0 Å². The highest BCUT2D eigenvalue weighted by atomic mass is 35.5. The Morgan fingerprint density at radius 3 is 1.12 bits per heavy atom. The van der Waals surface area contributed by atoms with E-state index in [0.717, 1.165) is 0 Å². The van der Waals surface area contributed by atoms with Crippen LogP contribution in [0.4, 0.5) is 26.3 Å². The summed E-state index contributed by atoms with van der Waals surface area (Å²) >= 11 is 0. The summed E-state index contributed by atoms with van der Waals surface area (Å²) in [5.74, 6) is 0. The van der Waals surface area contributed by atoms with Crippen molar-refractivity contribution in [2.75, 3.05) is 13.1 Å². The third-order valence-electron chi connectivity index (χ3n) is 3.54. The van der Waals surface area contributed by atoms with Gasteiger partial charge in [-0.25, -0.2) is 0 Å². The predicted octanol–water partition coefficient (Wildman–Crippen LogP) is 2.17. The molecule has 0 saturated carbocycles. The number of alkyl halides is 6. The van der Waals surface area contributed by atoms with Gasteiger partial charge >= 0.3 is 12.4 Å². The average molecular weight is 411 g/mol. The summed E-state index contributed by atoms with van der Waals surface area (Å²) in [5, 5.41) is 22.4. The molecule has 2 heterocycles. The van der Waals surface area contributed by atoms with Crippen molar-refractivity contribution in [3.05, 3.63) is 0 Å². The molecule has 0 aromatic carbocycles. The van der Waals surface area contributed by atoms with Crippen LogP contribution in [0.2, 0.25) is 0 Å². The van der Waals surface area contributed by atoms with Crippen molar-refractivity contribution in [1.82, 2.24) is 10.6 Å². The minimum atomic E-state index is -4.22. The predicted molar refractivity (Wildman–Crippen MR) is 80.7 cm³/mol. The fourth-order valence-electron chi connectivity index (χ4n) is 2.29. The van der Waals surface area contributed by atoms with Crippen LogP contribution in [0.3, 0.4) is 0 Å². The van der Waals surface area contributed by atoms with Gasteiger partial charge in [-0.05, 0) is 38.8 Å². The summed E-state index contributed by atoms with van der Waals surface area (Å²) < 4.78 is 71.6.